The number of nitrogens with one attached hydrogen (secondary N) is 1. The molecule has 0 saturated carbocycles. The monoisotopic (exact) mass is 284 g/mol. The highest BCUT2D eigenvalue weighted by Crippen LogP contribution is 2.17. The van der Waals surface area contributed by atoms with E-state index in [9.17, 15) is 13.2 Å². The lowest BCUT2D eigenvalue weighted by molar-refractivity contribution is 0.0953. The lowest BCUT2D eigenvalue weighted by Crippen LogP contribution is -2.26. The van der Waals surface area contributed by atoms with Crippen LogP contribution in [0.3, 0.4) is 0 Å². The van der Waals surface area contributed by atoms with E-state index < -0.39 is 9.84 Å². The van der Waals surface area contributed by atoms with Gasteiger partial charge >= 0.3 is 0 Å². The second-order valence-corrected chi connectivity index (χ2v) is 7.02. The van der Waals surface area contributed by atoms with Crippen LogP contribution in [0.2, 0.25) is 0 Å². The van der Waals surface area contributed by atoms with Crippen molar-refractivity contribution in [3.8, 4) is 0 Å². The SMILES string of the molecule is Cc1cc(C)c(C(=O)NCCCS(C)(=O)=O)cc1N. The highest BCUT2D eigenvalue weighted by Gasteiger charge is 2.10. The smallest absolute Gasteiger partial charge is 0.251 e. The van der Waals surface area contributed by atoms with E-state index in [1.54, 1.807) is 6.07 Å². The minimum Gasteiger partial charge on any atom is -0.398 e. The molecule has 1 aromatic carbocycles. The van der Waals surface area contributed by atoms with Gasteiger partial charge in [0.2, 0.25) is 0 Å². The highest BCUT2D eigenvalue weighted by molar-refractivity contribution is 7.90. The first-order valence-corrected chi connectivity index (χ1v) is 8.09. The topological polar surface area (TPSA) is 89.3 Å². The van der Waals surface area contributed by atoms with Gasteiger partial charge in [0.25, 0.3) is 5.91 Å². The Kier molecular flexibility index (Phi) is 4.94. The minimum atomic E-state index is -2.98. The number of nitrogen functional groups attached to an aromatic ring is 1. The van der Waals surface area contributed by atoms with Crippen molar-refractivity contribution in [3.63, 3.8) is 0 Å². The molecule has 1 rings (SSSR count). The van der Waals surface area contributed by atoms with Crippen molar-refractivity contribution in [3.05, 3.63) is 28.8 Å². The molecule has 1 amide bonds. The number of sulfone groups is 1. The number of rotatable bonds is 5. The molecule has 1 aromatic rings. The van der Waals surface area contributed by atoms with Gasteiger partial charge < -0.3 is 11.1 Å². The number of benzene rings is 1. The van der Waals surface area contributed by atoms with Gasteiger partial charge in [0.05, 0.1) is 5.75 Å². The average molecular weight is 284 g/mol. The number of hydrogen-bond acceptors (Lipinski definition) is 4. The Bertz CT molecular complexity index is 580. The maximum Gasteiger partial charge on any atom is 0.251 e. The second-order valence-electron chi connectivity index (χ2n) is 4.76. The fourth-order valence-electron chi connectivity index (χ4n) is 1.75. The molecule has 0 heterocycles. The Morgan fingerprint density at radius 1 is 1.26 bits per heavy atom. The molecule has 0 aliphatic heterocycles. The Hall–Kier alpha value is -1.56. The van der Waals surface area contributed by atoms with Crippen LogP contribution in [-0.4, -0.2) is 32.9 Å². The molecule has 0 aliphatic rings. The van der Waals surface area contributed by atoms with Crippen LogP contribution in [0.25, 0.3) is 0 Å². The third-order valence-corrected chi connectivity index (χ3v) is 3.87. The number of carbonyl (C=O) groups excluding carboxylic acids is 1. The van der Waals surface area contributed by atoms with Gasteiger partial charge in [-0.1, -0.05) is 6.07 Å². The molecular formula is C13H20N2O3S. The van der Waals surface area contributed by atoms with Crippen molar-refractivity contribution < 1.29 is 13.2 Å². The van der Waals surface area contributed by atoms with Crippen molar-refractivity contribution in [2.45, 2.75) is 20.3 Å². The molecule has 0 radical (unpaired) electrons. The summed E-state index contributed by atoms with van der Waals surface area (Å²) in [5.74, 6) is -0.153. The van der Waals surface area contributed by atoms with Gasteiger partial charge in [-0.15, -0.1) is 0 Å². The van der Waals surface area contributed by atoms with E-state index in [-0.39, 0.29) is 11.7 Å². The van der Waals surface area contributed by atoms with Crippen LogP contribution < -0.4 is 11.1 Å². The third-order valence-electron chi connectivity index (χ3n) is 2.84. The van der Waals surface area contributed by atoms with Gasteiger partial charge in [0.15, 0.2) is 0 Å². The van der Waals surface area contributed by atoms with Crippen LogP contribution in [0.1, 0.15) is 27.9 Å². The first kappa shape index (κ1) is 15.5. The molecular weight excluding hydrogens is 264 g/mol. The molecule has 5 nitrogen and oxygen atoms in total. The fourth-order valence-corrected chi connectivity index (χ4v) is 2.41. The molecule has 19 heavy (non-hydrogen) atoms. The number of aryl methyl sites for hydroxylation is 2. The lowest BCUT2D eigenvalue weighted by Gasteiger charge is -2.10. The van der Waals surface area contributed by atoms with Gasteiger partial charge in [-0.25, -0.2) is 8.42 Å². The summed E-state index contributed by atoms with van der Waals surface area (Å²) in [7, 11) is -2.98. The molecule has 0 aliphatic carbocycles. The van der Waals surface area contributed by atoms with E-state index in [1.807, 2.05) is 19.9 Å². The normalized spacial score (nSPS) is 11.3. The molecule has 0 fully saturated rings. The van der Waals surface area contributed by atoms with E-state index in [4.69, 9.17) is 5.73 Å². The van der Waals surface area contributed by atoms with Gasteiger partial charge in [-0.05, 0) is 37.5 Å². The summed E-state index contributed by atoms with van der Waals surface area (Å²) in [5, 5.41) is 2.70. The van der Waals surface area contributed by atoms with Crippen molar-refractivity contribution in [2.24, 2.45) is 0 Å². The average Bonchev–Trinajstić information content (AvgIpc) is 2.28. The van der Waals surface area contributed by atoms with Gasteiger partial charge in [0, 0.05) is 24.1 Å². The summed E-state index contributed by atoms with van der Waals surface area (Å²) in [6.07, 6.45) is 1.59. The van der Waals surface area contributed by atoms with E-state index in [0.717, 1.165) is 11.1 Å². The number of hydrogen-bond donors (Lipinski definition) is 2. The van der Waals surface area contributed by atoms with Crippen molar-refractivity contribution in [1.29, 1.82) is 0 Å². The highest BCUT2D eigenvalue weighted by atomic mass is 32.2. The zero-order valence-corrected chi connectivity index (χ0v) is 12.3. The summed E-state index contributed by atoms with van der Waals surface area (Å²) < 4.78 is 21.9. The van der Waals surface area contributed by atoms with Crippen LogP contribution in [0, 0.1) is 13.8 Å². The Balaban J connectivity index is 2.62. The maximum absolute atomic E-state index is 11.9. The number of carbonyl (C=O) groups is 1. The van der Waals surface area contributed by atoms with Crippen molar-refractivity contribution >= 4 is 21.4 Å². The quantitative estimate of drug-likeness (QED) is 0.625. The Labute approximate surface area is 114 Å². The summed E-state index contributed by atoms with van der Waals surface area (Å²) in [6, 6.07) is 3.51. The molecule has 0 bridgehead atoms. The molecule has 0 unspecified atom stereocenters. The number of nitrogens with two attached hydrogens (primary N) is 1. The van der Waals surface area contributed by atoms with E-state index in [1.165, 1.54) is 6.26 Å². The molecule has 0 atom stereocenters. The first-order chi connectivity index (χ1) is 8.70. The summed E-state index contributed by atoms with van der Waals surface area (Å²) >= 11 is 0. The van der Waals surface area contributed by atoms with Crippen molar-refractivity contribution in [2.75, 3.05) is 24.3 Å². The summed E-state index contributed by atoms with van der Waals surface area (Å²) in [6.45, 7) is 4.06. The fraction of sp³-hybridized carbons (Fsp3) is 0.462. The zero-order chi connectivity index (χ0) is 14.6. The Morgan fingerprint density at radius 2 is 1.89 bits per heavy atom. The van der Waals surface area contributed by atoms with Crippen LogP contribution >= 0.6 is 0 Å². The van der Waals surface area contributed by atoms with Gasteiger partial charge in [-0.2, -0.15) is 0 Å². The lowest BCUT2D eigenvalue weighted by atomic mass is 10.0. The molecule has 0 aromatic heterocycles. The van der Waals surface area contributed by atoms with Crippen molar-refractivity contribution in [1.82, 2.24) is 5.32 Å². The van der Waals surface area contributed by atoms with Crippen LogP contribution in [0.5, 0.6) is 0 Å². The molecule has 106 valence electrons. The summed E-state index contributed by atoms with van der Waals surface area (Å²) in [5.41, 5.74) is 8.68. The van der Waals surface area contributed by atoms with Crippen LogP contribution in [0.4, 0.5) is 5.69 Å². The Morgan fingerprint density at radius 3 is 2.47 bits per heavy atom. The third kappa shape index (κ3) is 4.90. The largest absolute Gasteiger partial charge is 0.398 e. The van der Waals surface area contributed by atoms with Crippen LogP contribution in [0.15, 0.2) is 12.1 Å². The van der Waals surface area contributed by atoms with Gasteiger partial charge in [-0.3, -0.25) is 4.79 Å². The maximum atomic E-state index is 11.9. The predicted molar refractivity (Wildman–Crippen MR) is 77.0 cm³/mol. The predicted octanol–water partition coefficient (Wildman–Crippen LogP) is 1.05. The van der Waals surface area contributed by atoms with E-state index in [2.05, 4.69) is 5.32 Å². The standard InChI is InChI=1S/C13H20N2O3S/c1-9-7-10(2)12(14)8-11(9)13(16)15-5-4-6-19(3,17)18/h7-8H,4-6,14H2,1-3H3,(H,15,16). The second kappa shape index (κ2) is 6.06. The first-order valence-electron chi connectivity index (χ1n) is 6.03. The molecule has 6 heteroatoms. The molecule has 0 spiro atoms. The zero-order valence-electron chi connectivity index (χ0n) is 11.5. The van der Waals surface area contributed by atoms with Crippen LogP contribution in [-0.2, 0) is 9.84 Å². The molecule has 0 saturated heterocycles. The number of amides is 1. The molecule has 3 N–H and O–H groups in total. The number of anilines is 1. The van der Waals surface area contributed by atoms with Gasteiger partial charge in [0.1, 0.15) is 9.84 Å². The minimum absolute atomic E-state index is 0.0717. The summed E-state index contributed by atoms with van der Waals surface area (Å²) in [4.78, 5) is 11.9. The van der Waals surface area contributed by atoms with E-state index >= 15 is 0 Å². The van der Waals surface area contributed by atoms with E-state index in [0.29, 0.717) is 24.2 Å².